The molecular weight excluding hydrogens is 352 g/mol. The van der Waals surface area contributed by atoms with E-state index < -0.39 is 15.6 Å². The van der Waals surface area contributed by atoms with Gasteiger partial charge in [-0.25, -0.2) is 13.1 Å². The summed E-state index contributed by atoms with van der Waals surface area (Å²) in [6, 6.07) is 8.23. The van der Waals surface area contributed by atoms with Crippen molar-refractivity contribution in [2.24, 2.45) is 5.73 Å². The molecule has 24 heavy (non-hydrogen) atoms. The standard InChI is InChI=1S/C15H20N4O3S.ClH/c16-15(9-4-5-10-15)14-18-13(22-19-14)8-11-17-23(20,21)12-6-2-1-3-7-12;/h1-3,6-7,17H,4-5,8-11,16H2;1H. The Labute approximate surface area is 147 Å². The Kier molecular flexibility index (Phi) is 5.97. The van der Waals surface area contributed by atoms with Crippen molar-refractivity contribution in [2.45, 2.75) is 42.5 Å². The third kappa shape index (κ3) is 4.13. The molecule has 3 rings (SSSR count). The molecule has 1 aliphatic rings. The van der Waals surface area contributed by atoms with Gasteiger partial charge in [0.1, 0.15) is 0 Å². The van der Waals surface area contributed by atoms with Gasteiger partial charge >= 0.3 is 0 Å². The monoisotopic (exact) mass is 372 g/mol. The number of rotatable bonds is 6. The summed E-state index contributed by atoms with van der Waals surface area (Å²) in [6.45, 7) is 0.191. The van der Waals surface area contributed by atoms with Crippen molar-refractivity contribution in [3.05, 3.63) is 42.0 Å². The molecule has 3 N–H and O–H groups in total. The zero-order valence-electron chi connectivity index (χ0n) is 13.1. The van der Waals surface area contributed by atoms with Crippen molar-refractivity contribution in [1.82, 2.24) is 14.9 Å². The maximum absolute atomic E-state index is 12.1. The largest absolute Gasteiger partial charge is 0.339 e. The minimum absolute atomic E-state index is 0. The molecule has 0 radical (unpaired) electrons. The van der Waals surface area contributed by atoms with Crippen molar-refractivity contribution < 1.29 is 12.9 Å². The summed E-state index contributed by atoms with van der Waals surface area (Å²) in [4.78, 5) is 4.55. The van der Waals surface area contributed by atoms with Gasteiger partial charge < -0.3 is 10.3 Å². The molecule has 0 atom stereocenters. The van der Waals surface area contributed by atoms with Crippen LogP contribution in [0.5, 0.6) is 0 Å². The van der Waals surface area contributed by atoms with Crippen LogP contribution in [-0.2, 0) is 22.0 Å². The fourth-order valence-electron chi connectivity index (χ4n) is 2.76. The summed E-state index contributed by atoms with van der Waals surface area (Å²) >= 11 is 0. The highest BCUT2D eigenvalue weighted by Gasteiger charge is 2.35. The SMILES string of the molecule is Cl.NC1(c2noc(CCNS(=O)(=O)c3ccccc3)n2)CCCC1. The number of benzene rings is 1. The molecule has 0 aliphatic heterocycles. The number of hydrogen-bond acceptors (Lipinski definition) is 6. The van der Waals surface area contributed by atoms with E-state index >= 15 is 0 Å². The lowest BCUT2D eigenvalue weighted by Gasteiger charge is -2.17. The van der Waals surface area contributed by atoms with Gasteiger partial charge in [-0.1, -0.05) is 36.2 Å². The minimum Gasteiger partial charge on any atom is -0.339 e. The van der Waals surface area contributed by atoms with E-state index in [0.29, 0.717) is 18.1 Å². The van der Waals surface area contributed by atoms with E-state index in [9.17, 15) is 8.42 Å². The zero-order valence-corrected chi connectivity index (χ0v) is 14.8. The Morgan fingerprint density at radius 2 is 1.88 bits per heavy atom. The van der Waals surface area contributed by atoms with Gasteiger partial charge in [-0.3, -0.25) is 0 Å². The third-order valence-corrected chi connectivity index (χ3v) is 5.57. The van der Waals surface area contributed by atoms with E-state index in [1.165, 1.54) is 0 Å². The second-order valence-electron chi connectivity index (χ2n) is 5.84. The lowest BCUT2D eigenvalue weighted by molar-refractivity contribution is 0.348. The molecule has 1 heterocycles. The van der Waals surface area contributed by atoms with Gasteiger partial charge in [-0.15, -0.1) is 12.4 Å². The first-order chi connectivity index (χ1) is 11.0. The van der Waals surface area contributed by atoms with Gasteiger partial charge in [0.2, 0.25) is 15.9 Å². The van der Waals surface area contributed by atoms with Gasteiger partial charge in [0.25, 0.3) is 0 Å². The molecule has 9 heteroatoms. The van der Waals surface area contributed by atoms with Gasteiger partial charge in [0, 0.05) is 13.0 Å². The van der Waals surface area contributed by atoms with Crippen LogP contribution in [0.25, 0.3) is 0 Å². The molecule has 1 saturated carbocycles. The highest BCUT2D eigenvalue weighted by atomic mass is 35.5. The minimum atomic E-state index is -3.52. The molecule has 1 aromatic heterocycles. The van der Waals surface area contributed by atoms with Crippen LogP contribution < -0.4 is 10.5 Å². The van der Waals surface area contributed by atoms with Crippen LogP contribution in [-0.4, -0.2) is 25.1 Å². The van der Waals surface area contributed by atoms with E-state index in [1.807, 2.05) is 0 Å². The fraction of sp³-hybridized carbons (Fsp3) is 0.467. The Balaban J connectivity index is 0.00000208. The van der Waals surface area contributed by atoms with Gasteiger partial charge in [0.15, 0.2) is 5.82 Å². The Hall–Kier alpha value is -1.48. The van der Waals surface area contributed by atoms with Crippen molar-refractivity contribution in [3.63, 3.8) is 0 Å². The number of aromatic nitrogens is 2. The molecule has 1 aliphatic carbocycles. The molecule has 0 bridgehead atoms. The number of sulfonamides is 1. The molecule has 0 saturated heterocycles. The molecule has 0 spiro atoms. The highest BCUT2D eigenvalue weighted by Crippen LogP contribution is 2.34. The normalized spacial score (nSPS) is 16.7. The second-order valence-corrected chi connectivity index (χ2v) is 7.60. The maximum atomic E-state index is 12.1. The van der Waals surface area contributed by atoms with Crippen molar-refractivity contribution in [1.29, 1.82) is 0 Å². The first-order valence-corrected chi connectivity index (χ1v) is 9.15. The van der Waals surface area contributed by atoms with Crippen LogP contribution >= 0.6 is 12.4 Å². The van der Waals surface area contributed by atoms with Crippen LogP contribution in [0.2, 0.25) is 0 Å². The average molecular weight is 373 g/mol. The summed E-state index contributed by atoms with van der Waals surface area (Å²) in [6.07, 6.45) is 4.17. The average Bonchev–Trinajstić information content (AvgIpc) is 3.18. The number of nitrogens with two attached hydrogens (primary N) is 1. The van der Waals surface area contributed by atoms with E-state index in [4.69, 9.17) is 10.3 Å². The highest BCUT2D eigenvalue weighted by molar-refractivity contribution is 7.89. The number of hydrogen-bond donors (Lipinski definition) is 2. The third-order valence-electron chi connectivity index (χ3n) is 4.09. The van der Waals surface area contributed by atoms with Gasteiger partial charge in [-0.05, 0) is 25.0 Å². The van der Waals surface area contributed by atoms with Gasteiger partial charge in [0.05, 0.1) is 10.4 Å². The summed E-state index contributed by atoms with van der Waals surface area (Å²) in [5.41, 5.74) is 5.78. The Bertz CT molecular complexity index is 758. The molecule has 2 aromatic rings. The van der Waals surface area contributed by atoms with Crippen LogP contribution in [0.15, 0.2) is 39.8 Å². The summed E-state index contributed by atoms with van der Waals surface area (Å²) in [7, 11) is -3.52. The molecule has 7 nitrogen and oxygen atoms in total. The topological polar surface area (TPSA) is 111 Å². The quantitative estimate of drug-likeness (QED) is 0.798. The first-order valence-electron chi connectivity index (χ1n) is 7.66. The summed E-state index contributed by atoms with van der Waals surface area (Å²) in [5, 5.41) is 3.95. The predicted molar refractivity (Wildman–Crippen MR) is 91.2 cm³/mol. The molecule has 0 amide bonds. The van der Waals surface area contributed by atoms with E-state index in [1.54, 1.807) is 30.3 Å². The number of nitrogens with one attached hydrogen (secondary N) is 1. The predicted octanol–water partition coefficient (Wildman–Crippen LogP) is 1.74. The first kappa shape index (κ1) is 18.9. The Morgan fingerprint density at radius 1 is 1.21 bits per heavy atom. The van der Waals surface area contributed by atoms with Crippen LogP contribution in [0, 0.1) is 0 Å². The fourth-order valence-corrected chi connectivity index (χ4v) is 3.82. The van der Waals surface area contributed by atoms with Crippen molar-refractivity contribution in [2.75, 3.05) is 6.54 Å². The van der Waals surface area contributed by atoms with E-state index in [0.717, 1.165) is 25.7 Å². The van der Waals surface area contributed by atoms with Crippen molar-refractivity contribution in [3.8, 4) is 0 Å². The smallest absolute Gasteiger partial charge is 0.240 e. The summed E-state index contributed by atoms with van der Waals surface area (Å²) in [5.74, 6) is 0.920. The van der Waals surface area contributed by atoms with E-state index in [2.05, 4.69) is 14.9 Å². The maximum Gasteiger partial charge on any atom is 0.240 e. The molecule has 132 valence electrons. The molecule has 0 unspecified atom stereocenters. The van der Waals surface area contributed by atoms with Crippen LogP contribution in [0.4, 0.5) is 0 Å². The lowest BCUT2D eigenvalue weighted by Crippen LogP contribution is -2.34. The zero-order chi connectivity index (χ0) is 16.3. The van der Waals surface area contributed by atoms with Crippen LogP contribution in [0.3, 0.4) is 0 Å². The second kappa shape index (κ2) is 7.60. The summed E-state index contributed by atoms with van der Waals surface area (Å²) < 4.78 is 31.9. The Morgan fingerprint density at radius 3 is 2.54 bits per heavy atom. The van der Waals surface area contributed by atoms with E-state index in [-0.39, 0.29) is 23.8 Å². The molecule has 1 aromatic carbocycles. The van der Waals surface area contributed by atoms with Gasteiger partial charge in [-0.2, -0.15) is 4.98 Å². The van der Waals surface area contributed by atoms with Crippen molar-refractivity contribution >= 4 is 22.4 Å². The number of halogens is 1. The van der Waals surface area contributed by atoms with Crippen LogP contribution in [0.1, 0.15) is 37.4 Å². The lowest BCUT2D eigenvalue weighted by atomic mass is 9.99. The molecule has 1 fully saturated rings. The molecular formula is C15H21ClN4O3S. The number of nitrogens with zero attached hydrogens (tertiary/aromatic N) is 2.